The predicted octanol–water partition coefficient (Wildman–Crippen LogP) is 2.71. The molecule has 0 atom stereocenters. The fraction of sp³-hybridized carbons (Fsp3) is 0.0667. The number of aromatic nitrogens is 4. The van der Waals surface area contributed by atoms with E-state index in [0.717, 1.165) is 5.56 Å². The summed E-state index contributed by atoms with van der Waals surface area (Å²) in [5.41, 5.74) is 0.816. The molecular formula is C15H11N5O3S. The lowest BCUT2D eigenvalue weighted by Crippen LogP contribution is -2.10. The van der Waals surface area contributed by atoms with E-state index in [1.54, 1.807) is 23.8 Å². The van der Waals surface area contributed by atoms with Crippen molar-refractivity contribution in [3.63, 3.8) is 0 Å². The fourth-order valence-electron chi connectivity index (χ4n) is 2.18. The first kappa shape index (κ1) is 14.4. The summed E-state index contributed by atoms with van der Waals surface area (Å²) < 4.78 is 11.9. The Morgan fingerprint density at radius 2 is 2.21 bits per heavy atom. The van der Waals surface area contributed by atoms with E-state index in [-0.39, 0.29) is 11.7 Å². The van der Waals surface area contributed by atoms with Gasteiger partial charge in [0.25, 0.3) is 5.91 Å². The molecule has 8 nitrogen and oxygen atoms in total. The van der Waals surface area contributed by atoms with Crippen LogP contribution in [0.2, 0.25) is 0 Å². The summed E-state index contributed by atoms with van der Waals surface area (Å²) in [5, 5.41) is 15.7. The second-order valence-corrected chi connectivity index (χ2v) is 5.74. The zero-order chi connectivity index (χ0) is 16.5. The Morgan fingerprint density at radius 3 is 3.00 bits per heavy atom. The predicted molar refractivity (Wildman–Crippen MR) is 87.3 cm³/mol. The summed E-state index contributed by atoms with van der Waals surface area (Å²) in [5.74, 6) is 1.13. The van der Waals surface area contributed by atoms with Gasteiger partial charge in [0.1, 0.15) is 5.75 Å². The fourth-order valence-corrected chi connectivity index (χ4v) is 2.91. The molecule has 0 aliphatic carbocycles. The standard InChI is InChI=1S/C15H11N5O3S/c1-22-10-5-2-4-9(8-10)12-17-18-15-20(12)19-14(24-15)16-13(21)11-6-3-7-23-11/h2-8H,1H3,(H,16,19,21). The summed E-state index contributed by atoms with van der Waals surface area (Å²) in [6.07, 6.45) is 1.44. The third-order valence-electron chi connectivity index (χ3n) is 3.28. The molecule has 4 rings (SSSR count). The third kappa shape index (κ3) is 2.50. The van der Waals surface area contributed by atoms with Crippen LogP contribution in [0.15, 0.2) is 47.1 Å². The van der Waals surface area contributed by atoms with Gasteiger partial charge in [-0.2, -0.15) is 4.52 Å². The third-order valence-corrected chi connectivity index (χ3v) is 4.10. The molecule has 1 amide bonds. The molecule has 0 bridgehead atoms. The largest absolute Gasteiger partial charge is 0.497 e. The summed E-state index contributed by atoms with van der Waals surface area (Å²) in [6.45, 7) is 0. The van der Waals surface area contributed by atoms with Crippen molar-refractivity contribution in [2.24, 2.45) is 0 Å². The Bertz CT molecular complexity index is 1010. The Kier molecular flexibility index (Phi) is 3.47. The van der Waals surface area contributed by atoms with Crippen molar-refractivity contribution in [2.45, 2.75) is 0 Å². The smallest absolute Gasteiger partial charge is 0.293 e. The van der Waals surface area contributed by atoms with E-state index in [1.165, 1.54) is 17.6 Å². The number of nitrogens with zero attached hydrogens (tertiary/aromatic N) is 4. The molecule has 3 heterocycles. The van der Waals surface area contributed by atoms with E-state index in [2.05, 4.69) is 20.6 Å². The van der Waals surface area contributed by atoms with Crippen molar-refractivity contribution in [2.75, 3.05) is 12.4 Å². The molecule has 9 heteroatoms. The lowest BCUT2D eigenvalue weighted by molar-refractivity contribution is 0.0996. The van der Waals surface area contributed by atoms with Gasteiger partial charge in [-0.05, 0) is 24.3 Å². The molecule has 0 radical (unpaired) electrons. The van der Waals surface area contributed by atoms with Crippen LogP contribution in [0.25, 0.3) is 16.3 Å². The van der Waals surface area contributed by atoms with Gasteiger partial charge < -0.3 is 9.15 Å². The number of carbonyl (C=O) groups is 1. The Hall–Kier alpha value is -3.20. The number of furan rings is 1. The Balaban J connectivity index is 1.67. The summed E-state index contributed by atoms with van der Waals surface area (Å²) in [7, 11) is 1.60. The van der Waals surface area contributed by atoms with Crippen LogP contribution in [0, 0.1) is 0 Å². The number of hydrogen-bond acceptors (Lipinski definition) is 7. The van der Waals surface area contributed by atoms with E-state index in [9.17, 15) is 4.79 Å². The summed E-state index contributed by atoms with van der Waals surface area (Å²) in [4.78, 5) is 12.6. The van der Waals surface area contributed by atoms with Crippen LogP contribution in [0.4, 0.5) is 5.13 Å². The molecule has 0 unspecified atom stereocenters. The van der Waals surface area contributed by atoms with E-state index >= 15 is 0 Å². The van der Waals surface area contributed by atoms with Crippen LogP contribution >= 0.6 is 11.3 Å². The molecule has 120 valence electrons. The average Bonchev–Trinajstić information content (AvgIpc) is 3.31. The number of benzene rings is 1. The van der Waals surface area contributed by atoms with Crippen LogP contribution in [0.5, 0.6) is 5.75 Å². The topological polar surface area (TPSA) is 94.6 Å². The highest BCUT2D eigenvalue weighted by Crippen LogP contribution is 2.26. The Morgan fingerprint density at radius 1 is 1.29 bits per heavy atom. The van der Waals surface area contributed by atoms with Gasteiger partial charge in [0.15, 0.2) is 11.6 Å². The molecule has 4 aromatic rings. The molecule has 3 aromatic heterocycles. The van der Waals surface area contributed by atoms with E-state index in [4.69, 9.17) is 9.15 Å². The molecule has 0 spiro atoms. The van der Waals surface area contributed by atoms with E-state index < -0.39 is 0 Å². The van der Waals surface area contributed by atoms with Crippen LogP contribution in [0.3, 0.4) is 0 Å². The zero-order valence-electron chi connectivity index (χ0n) is 12.5. The van der Waals surface area contributed by atoms with Gasteiger partial charge in [0, 0.05) is 5.56 Å². The highest BCUT2D eigenvalue weighted by Gasteiger charge is 2.16. The van der Waals surface area contributed by atoms with E-state index in [1.807, 2.05) is 24.3 Å². The molecule has 24 heavy (non-hydrogen) atoms. The number of methoxy groups -OCH3 is 1. The molecule has 0 saturated heterocycles. The van der Waals surface area contributed by atoms with Gasteiger partial charge >= 0.3 is 0 Å². The number of ether oxygens (including phenoxy) is 1. The quantitative estimate of drug-likeness (QED) is 0.613. The first-order valence-corrected chi connectivity index (χ1v) is 7.78. The van der Waals surface area contributed by atoms with Crippen LogP contribution < -0.4 is 10.1 Å². The van der Waals surface area contributed by atoms with E-state index in [0.29, 0.717) is 21.7 Å². The van der Waals surface area contributed by atoms with Crippen molar-refractivity contribution in [3.05, 3.63) is 48.4 Å². The second kappa shape index (κ2) is 5.78. The maximum absolute atomic E-state index is 12.0. The van der Waals surface area contributed by atoms with Crippen molar-refractivity contribution >= 4 is 27.3 Å². The van der Waals surface area contributed by atoms with Crippen LogP contribution in [-0.4, -0.2) is 32.8 Å². The molecule has 0 saturated carbocycles. The highest BCUT2D eigenvalue weighted by molar-refractivity contribution is 7.20. The molecule has 1 aromatic carbocycles. The number of anilines is 1. The molecule has 0 aliphatic heterocycles. The number of rotatable bonds is 4. The summed E-state index contributed by atoms with van der Waals surface area (Å²) >= 11 is 1.22. The van der Waals surface area contributed by atoms with Crippen molar-refractivity contribution in [3.8, 4) is 17.1 Å². The molecule has 0 fully saturated rings. The summed E-state index contributed by atoms with van der Waals surface area (Å²) in [6, 6.07) is 10.7. The number of carbonyl (C=O) groups excluding carboxylic acids is 1. The van der Waals surface area contributed by atoms with Gasteiger partial charge in [0.2, 0.25) is 10.1 Å². The van der Waals surface area contributed by atoms with Crippen molar-refractivity contribution < 1.29 is 13.9 Å². The molecule has 0 aliphatic rings. The number of nitrogens with one attached hydrogen (secondary N) is 1. The molecule has 1 N–H and O–H groups in total. The number of amides is 1. The van der Waals surface area contributed by atoms with Gasteiger partial charge in [0.05, 0.1) is 13.4 Å². The van der Waals surface area contributed by atoms with Crippen molar-refractivity contribution in [1.29, 1.82) is 0 Å². The SMILES string of the molecule is COc1cccc(-c2nnc3sc(NC(=O)c4ccco4)nn23)c1. The van der Waals surface area contributed by atoms with Crippen LogP contribution in [-0.2, 0) is 0 Å². The normalized spacial score (nSPS) is 10.9. The average molecular weight is 341 g/mol. The first-order chi connectivity index (χ1) is 11.7. The van der Waals surface area contributed by atoms with Crippen molar-refractivity contribution in [1.82, 2.24) is 19.8 Å². The minimum Gasteiger partial charge on any atom is -0.497 e. The lowest BCUT2D eigenvalue weighted by Gasteiger charge is -2.01. The minimum atomic E-state index is -0.368. The van der Waals surface area contributed by atoms with Gasteiger partial charge in [-0.1, -0.05) is 23.5 Å². The molecular weight excluding hydrogens is 330 g/mol. The minimum absolute atomic E-state index is 0.217. The van der Waals surface area contributed by atoms with Gasteiger partial charge in [-0.15, -0.1) is 15.3 Å². The Labute approximate surface area is 139 Å². The van der Waals surface area contributed by atoms with Gasteiger partial charge in [-0.3, -0.25) is 10.1 Å². The first-order valence-electron chi connectivity index (χ1n) is 6.96. The maximum atomic E-state index is 12.0. The lowest BCUT2D eigenvalue weighted by atomic mass is 10.2. The maximum Gasteiger partial charge on any atom is 0.293 e. The van der Waals surface area contributed by atoms with Gasteiger partial charge in [-0.25, -0.2) is 0 Å². The van der Waals surface area contributed by atoms with Crippen LogP contribution in [0.1, 0.15) is 10.6 Å². The zero-order valence-corrected chi connectivity index (χ0v) is 13.3. The number of fused-ring (bicyclic) bond motifs is 1. The highest BCUT2D eigenvalue weighted by atomic mass is 32.1. The second-order valence-electron chi connectivity index (χ2n) is 4.79. The number of hydrogen-bond donors (Lipinski definition) is 1. The monoisotopic (exact) mass is 341 g/mol.